The van der Waals surface area contributed by atoms with Gasteiger partial charge in [-0.15, -0.1) is 11.8 Å². The highest BCUT2D eigenvalue weighted by Crippen LogP contribution is 2.31. The van der Waals surface area contributed by atoms with Gasteiger partial charge in [-0.05, 0) is 18.6 Å². The Kier molecular flexibility index (Phi) is 9.58. The summed E-state index contributed by atoms with van der Waals surface area (Å²) >= 11 is 0.865. The molecule has 164 valence electrons. The van der Waals surface area contributed by atoms with Crippen molar-refractivity contribution in [1.82, 2.24) is 10.6 Å². The Hall–Kier alpha value is -3.32. The van der Waals surface area contributed by atoms with E-state index in [0.29, 0.717) is 0 Å². The summed E-state index contributed by atoms with van der Waals surface area (Å²) in [5, 5.41) is 41.0. The molecule has 1 rings (SSSR count). The summed E-state index contributed by atoms with van der Waals surface area (Å²) in [5.41, 5.74) is 4.97. The molecule has 0 spiro atoms. The average molecular weight is 443 g/mol. The van der Waals surface area contributed by atoms with Crippen molar-refractivity contribution >= 4 is 41.5 Å². The van der Waals surface area contributed by atoms with E-state index < -0.39 is 54.1 Å². The topological polar surface area (TPSA) is 216 Å². The van der Waals surface area contributed by atoms with Crippen molar-refractivity contribution in [1.29, 1.82) is 0 Å². The second-order valence-corrected chi connectivity index (χ2v) is 7.05. The molecular formula is C17H21N3O9S. The molecule has 2 atom stereocenters. The first-order chi connectivity index (χ1) is 14.0. The number of benzene rings is 1. The Morgan fingerprint density at radius 1 is 1.10 bits per heavy atom. The van der Waals surface area contributed by atoms with E-state index in [1.54, 1.807) is 0 Å². The zero-order valence-corrected chi connectivity index (χ0v) is 16.3. The Morgan fingerprint density at radius 2 is 1.77 bits per heavy atom. The van der Waals surface area contributed by atoms with Crippen LogP contribution in [0.25, 0.3) is 0 Å². The number of aromatic carboxylic acids is 1. The number of hydrogen-bond donors (Lipinski definition) is 7. The van der Waals surface area contributed by atoms with Gasteiger partial charge in [0.2, 0.25) is 11.8 Å². The lowest BCUT2D eigenvalue weighted by atomic mass is 10.1. The molecule has 0 saturated heterocycles. The lowest BCUT2D eigenvalue weighted by Crippen LogP contribution is -2.49. The molecule has 2 amide bonds. The summed E-state index contributed by atoms with van der Waals surface area (Å²) in [6.45, 7) is -0.695. The molecule has 0 bridgehead atoms. The van der Waals surface area contributed by atoms with E-state index in [4.69, 9.17) is 21.1 Å². The first kappa shape index (κ1) is 24.7. The summed E-state index contributed by atoms with van der Waals surface area (Å²) in [6, 6.07) is 1.48. The van der Waals surface area contributed by atoms with E-state index >= 15 is 0 Å². The van der Waals surface area contributed by atoms with Gasteiger partial charge in [0.15, 0.2) is 0 Å². The van der Waals surface area contributed by atoms with Gasteiger partial charge in [0.25, 0.3) is 0 Å². The molecule has 8 N–H and O–H groups in total. The summed E-state index contributed by atoms with van der Waals surface area (Å²) in [6.07, 6.45) is -0.472. The number of carboxylic acid groups (broad SMARTS) is 3. The maximum absolute atomic E-state index is 12.2. The van der Waals surface area contributed by atoms with Gasteiger partial charge < -0.3 is 36.8 Å². The fourth-order valence-electron chi connectivity index (χ4n) is 2.13. The van der Waals surface area contributed by atoms with Crippen LogP contribution in [0, 0.1) is 0 Å². The van der Waals surface area contributed by atoms with Gasteiger partial charge in [-0.25, -0.2) is 4.79 Å². The molecule has 12 nitrogen and oxygen atoms in total. The fraction of sp³-hybridized carbons (Fsp3) is 0.353. The number of para-hydroxylation sites is 1. The molecule has 0 aliphatic rings. The van der Waals surface area contributed by atoms with Crippen molar-refractivity contribution in [3.8, 4) is 5.75 Å². The summed E-state index contributed by atoms with van der Waals surface area (Å²) in [4.78, 5) is 56.9. The van der Waals surface area contributed by atoms with E-state index in [9.17, 15) is 29.1 Å². The Bertz CT molecular complexity index is 831. The number of rotatable bonds is 12. The number of phenols is 1. The van der Waals surface area contributed by atoms with Gasteiger partial charge in [0, 0.05) is 12.2 Å². The Morgan fingerprint density at radius 3 is 2.33 bits per heavy atom. The fourth-order valence-corrected chi connectivity index (χ4v) is 3.13. The zero-order chi connectivity index (χ0) is 22.8. The highest BCUT2D eigenvalue weighted by atomic mass is 32.2. The first-order valence-corrected chi connectivity index (χ1v) is 9.46. The molecular weight excluding hydrogens is 422 g/mol. The maximum Gasteiger partial charge on any atom is 0.339 e. The van der Waals surface area contributed by atoms with Crippen LogP contribution in [0.1, 0.15) is 23.2 Å². The van der Waals surface area contributed by atoms with Crippen molar-refractivity contribution < 1.29 is 44.4 Å². The molecule has 0 aliphatic carbocycles. The average Bonchev–Trinajstić information content (AvgIpc) is 2.67. The smallest absolute Gasteiger partial charge is 0.339 e. The van der Waals surface area contributed by atoms with Gasteiger partial charge in [0.05, 0.1) is 4.90 Å². The summed E-state index contributed by atoms with van der Waals surface area (Å²) in [7, 11) is 0. The van der Waals surface area contributed by atoms with Crippen LogP contribution >= 0.6 is 11.8 Å². The third-order valence-corrected chi connectivity index (χ3v) is 4.84. The molecule has 0 heterocycles. The molecule has 0 saturated carbocycles. The zero-order valence-electron chi connectivity index (χ0n) is 15.5. The summed E-state index contributed by atoms with van der Waals surface area (Å²) < 4.78 is 0. The van der Waals surface area contributed by atoms with Crippen LogP contribution in [-0.4, -0.2) is 74.5 Å². The number of carbonyl (C=O) groups excluding carboxylic acids is 2. The molecule has 0 radical (unpaired) electrons. The standard InChI is InChI=1S/C17H21N3O9S/c18-9(17(28)29)4-5-12(21)20-10(15(25)19-6-13(22)23)7-30-11-3-1-2-8(14(11)24)16(26)27/h1-3,9-10,24H,4-7,18H2,(H,19,25)(H,20,21)(H,22,23)(H,26,27)(H,28,29)/t9-,10-/m0/s1. The largest absolute Gasteiger partial charge is 0.506 e. The predicted molar refractivity (Wildman–Crippen MR) is 103 cm³/mol. The third-order valence-electron chi connectivity index (χ3n) is 3.70. The Balaban J connectivity index is 2.86. The molecule has 0 aromatic heterocycles. The normalized spacial score (nSPS) is 12.4. The van der Waals surface area contributed by atoms with Gasteiger partial charge in [0.1, 0.15) is 29.9 Å². The lowest BCUT2D eigenvalue weighted by Gasteiger charge is -2.18. The highest BCUT2D eigenvalue weighted by Gasteiger charge is 2.24. The van der Waals surface area contributed by atoms with E-state index in [1.165, 1.54) is 18.2 Å². The quantitative estimate of drug-likeness (QED) is 0.196. The number of aromatic hydroxyl groups is 1. The van der Waals surface area contributed by atoms with Crippen molar-refractivity contribution in [2.75, 3.05) is 12.3 Å². The monoisotopic (exact) mass is 443 g/mol. The first-order valence-electron chi connectivity index (χ1n) is 8.48. The van der Waals surface area contributed by atoms with Crippen molar-refractivity contribution in [3.63, 3.8) is 0 Å². The number of carbonyl (C=O) groups is 5. The number of carboxylic acids is 3. The van der Waals surface area contributed by atoms with Crippen LogP contribution in [0.15, 0.2) is 23.1 Å². The molecule has 1 aromatic carbocycles. The lowest BCUT2D eigenvalue weighted by molar-refractivity contribution is -0.139. The molecule has 0 aliphatic heterocycles. The van der Waals surface area contributed by atoms with Crippen LogP contribution in [0.2, 0.25) is 0 Å². The minimum absolute atomic E-state index is 0.132. The molecule has 30 heavy (non-hydrogen) atoms. The molecule has 1 aromatic rings. The highest BCUT2D eigenvalue weighted by molar-refractivity contribution is 7.99. The second kappa shape index (κ2) is 11.6. The minimum atomic E-state index is -1.35. The van der Waals surface area contributed by atoms with E-state index in [1.807, 2.05) is 0 Å². The number of nitrogens with one attached hydrogen (secondary N) is 2. The number of hydrogen-bond acceptors (Lipinski definition) is 8. The van der Waals surface area contributed by atoms with Gasteiger partial charge >= 0.3 is 17.9 Å². The van der Waals surface area contributed by atoms with Gasteiger partial charge in [-0.3, -0.25) is 19.2 Å². The third kappa shape index (κ3) is 7.97. The summed E-state index contributed by atoms with van der Waals surface area (Å²) in [5.74, 6) is -6.14. The molecule has 0 unspecified atom stereocenters. The molecule has 13 heteroatoms. The minimum Gasteiger partial charge on any atom is -0.506 e. The van der Waals surface area contributed by atoms with E-state index in [2.05, 4.69) is 10.6 Å². The Labute approximate surface area is 174 Å². The van der Waals surface area contributed by atoms with E-state index in [0.717, 1.165) is 11.8 Å². The maximum atomic E-state index is 12.2. The van der Waals surface area contributed by atoms with Crippen molar-refractivity contribution in [2.45, 2.75) is 29.8 Å². The second-order valence-electron chi connectivity index (χ2n) is 5.98. The number of amides is 2. The van der Waals surface area contributed by atoms with Crippen molar-refractivity contribution in [3.05, 3.63) is 23.8 Å². The van der Waals surface area contributed by atoms with Gasteiger partial charge in [-0.1, -0.05) is 6.07 Å². The number of nitrogens with two attached hydrogens (primary N) is 1. The van der Waals surface area contributed by atoms with Crippen LogP contribution < -0.4 is 16.4 Å². The molecule has 0 fully saturated rings. The van der Waals surface area contributed by atoms with Crippen LogP contribution in [0.4, 0.5) is 0 Å². The number of aliphatic carboxylic acids is 2. The predicted octanol–water partition coefficient (Wildman–Crippen LogP) is -0.940. The van der Waals surface area contributed by atoms with Crippen LogP contribution in [0.5, 0.6) is 5.75 Å². The van der Waals surface area contributed by atoms with Crippen LogP contribution in [-0.2, 0) is 19.2 Å². The van der Waals surface area contributed by atoms with Crippen molar-refractivity contribution in [2.24, 2.45) is 5.73 Å². The van der Waals surface area contributed by atoms with Crippen LogP contribution in [0.3, 0.4) is 0 Å². The number of thioether (sulfide) groups is 1. The van der Waals surface area contributed by atoms with Gasteiger partial charge in [-0.2, -0.15) is 0 Å². The SMILES string of the molecule is N[C@@H](CCC(=O)N[C@@H](CSc1cccc(C(=O)O)c1O)C(=O)NCC(=O)O)C(=O)O. The van der Waals surface area contributed by atoms with E-state index in [-0.39, 0.29) is 29.1 Å².